The van der Waals surface area contributed by atoms with E-state index in [9.17, 15) is 16.8 Å². The molecule has 0 fully saturated rings. The first-order valence-corrected chi connectivity index (χ1v) is 10.5. The predicted molar refractivity (Wildman–Crippen MR) is 90.7 cm³/mol. The van der Waals surface area contributed by atoms with Gasteiger partial charge in [0.05, 0.1) is 9.23 Å². The van der Waals surface area contributed by atoms with Crippen molar-refractivity contribution in [2.24, 2.45) is 0 Å². The molecule has 0 saturated heterocycles. The van der Waals surface area contributed by atoms with Gasteiger partial charge in [-0.3, -0.25) is 0 Å². The van der Waals surface area contributed by atoms with Gasteiger partial charge in [-0.2, -0.15) is 0 Å². The van der Waals surface area contributed by atoms with Gasteiger partial charge in [-0.15, -0.1) is 11.3 Å². The van der Waals surface area contributed by atoms with Crippen LogP contribution < -0.4 is 4.72 Å². The minimum atomic E-state index is -3.74. The van der Waals surface area contributed by atoms with E-state index in [1.165, 1.54) is 32.3 Å². The van der Waals surface area contributed by atoms with E-state index >= 15 is 0 Å². The van der Waals surface area contributed by atoms with Crippen LogP contribution >= 0.6 is 22.9 Å². The zero-order valence-electron chi connectivity index (χ0n) is 12.4. The maximum atomic E-state index is 12.3. The van der Waals surface area contributed by atoms with Crippen LogP contribution in [0.3, 0.4) is 0 Å². The molecule has 1 aromatic carbocycles. The quantitative estimate of drug-likeness (QED) is 0.813. The van der Waals surface area contributed by atoms with Crippen molar-refractivity contribution in [3.63, 3.8) is 0 Å². The van der Waals surface area contributed by atoms with E-state index in [0.29, 0.717) is 9.90 Å². The summed E-state index contributed by atoms with van der Waals surface area (Å²) >= 11 is 6.68. The second-order valence-corrected chi connectivity index (χ2v) is 10.6. The molecule has 126 valence electrons. The number of nitrogens with zero attached hydrogens (tertiary/aromatic N) is 1. The first-order valence-electron chi connectivity index (χ1n) is 6.40. The number of hydrogen-bond donors (Lipinski definition) is 1. The van der Waals surface area contributed by atoms with E-state index in [0.717, 1.165) is 15.6 Å². The molecule has 0 radical (unpaired) electrons. The molecule has 10 heteroatoms. The Balaban J connectivity index is 2.29. The Kier molecular flexibility index (Phi) is 5.49. The maximum absolute atomic E-state index is 12.3. The number of nitrogens with one attached hydrogen (secondary N) is 1. The number of thiophene rings is 1. The highest BCUT2D eigenvalue weighted by Gasteiger charge is 2.22. The minimum Gasteiger partial charge on any atom is -0.207 e. The molecule has 2 rings (SSSR count). The molecular weight excluding hydrogens is 380 g/mol. The smallest absolute Gasteiger partial charge is 0.207 e. The second-order valence-electron chi connectivity index (χ2n) is 4.78. The number of benzene rings is 1. The molecule has 1 aromatic heterocycles. The van der Waals surface area contributed by atoms with Gasteiger partial charge in [0, 0.05) is 20.6 Å². The molecule has 23 heavy (non-hydrogen) atoms. The topological polar surface area (TPSA) is 83.6 Å². The largest absolute Gasteiger partial charge is 0.250 e. The molecule has 0 atom stereocenters. The van der Waals surface area contributed by atoms with Crippen LogP contribution in [0.5, 0.6) is 0 Å². The molecule has 1 N–H and O–H groups in total. The van der Waals surface area contributed by atoms with Crippen LogP contribution in [0.25, 0.3) is 0 Å². The van der Waals surface area contributed by atoms with Crippen molar-refractivity contribution in [2.75, 3.05) is 14.1 Å². The second kappa shape index (κ2) is 6.88. The van der Waals surface area contributed by atoms with Gasteiger partial charge < -0.3 is 0 Å². The highest BCUT2D eigenvalue weighted by Crippen LogP contribution is 2.26. The van der Waals surface area contributed by atoms with E-state index < -0.39 is 20.0 Å². The Morgan fingerprint density at radius 1 is 1.09 bits per heavy atom. The molecule has 0 saturated carbocycles. The lowest BCUT2D eigenvalue weighted by atomic mass is 10.2. The molecule has 0 amide bonds. The summed E-state index contributed by atoms with van der Waals surface area (Å²) in [6.45, 7) is -0.138. The van der Waals surface area contributed by atoms with Crippen molar-refractivity contribution in [1.29, 1.82) is 0 Å². The third kappa shape index (κ3) is 4.11. The van der Waals surface area contributed by atoms with Gasteiger partial charge in [-0.1, -0.05) is 29.8 Å². The standard InChI is InChI=1S/C13H15ClN2O4S3/c1-16(2)23(19,20)11-6-4-3-5-10(11)9-15-22(17,18)13-8-7-12(14)21-13/h3-8,15H,9H2,1-2H3. The lowest BCUT2D eigenvalue weighted by Crippen LogP contribution is -2.26. The molecule has 0 aliphatic carbocycles. The van der Waals surface area contributed by atoms with Gasteiger partial charge in [0.15, 0.2) is 0 Å². The van der Waals surface area contributed by atoms with Crippen LogP contribution in [0, 0.1) is 0 Å². The van der Waals surface area contributed by atoms with E-state index in [1.807, 2.05) is 0 Å². The van der Waals surface area contributed by atoms with Crippen molar-refractivity contribution in [3.05, 3.63) is 46.3 Å². The van der Waals surface area contributed by atoms with Gasteiger partial charge in [-0.25, -0.2) is 25.9 Å². The highest BCUT2D eigenvalue weighted by molar-refractivity contribution is 7.91. The number of hydrogen-bond acceptors (Lipinski definition) is 5. The van der Waals surface area contributed by atoms with Gasteiger partial charge >= 0.3 is 0 Å². The summed E-state index contributed by atoms with van der Waals surface area (Å²) in [7, 11) is -4.56. The Labute approximate surface area is 144 Å². The summed E-state index contributed by atoms with van der Waals surface area (Å²) in [5.74, 6) is 0. The zero-order chi connectivity index (χ0) is 17.3. The molecule has 2 aromatic rings. The number of halogens is 1. The maximum Gasteiger partial charge on any atom is 0.250 e. The third-order valence-corrected chi connectivity index (χ3v) is 8.04. The van der Waals surface area contributed by atoms with Crippen molar-refractivity contribution >= 4 is 43.0 Å². The Morgan fingerprint density at radius 2 is 1.74 bits per heavy atom. The fraction of sp³-hybridized carbons (Fsp3) is 0.231. The minimum absolute atomic E-state index is 0.0666. The van der Waals surface area contributed by atoms with Gasteiger partial charge in [-0.05, 0) is 23.8 Å². The number of rotatable bonds is 6. The zero-order valence-corrected chi connectivity index (χ0v) is 15.6. The highest BCUT2D eigenvalue weighted by atomic mass is 35.5. The third-order valence-electron chi connectivity index (χ3n) is 3.00. The van der Waals surface area contributed by atoms with Crippen LogP contribution in [0.15, 0.2) is 45.5 Å². The Bertz CT molecular complexity index is 905. The van der Waals surface area contributed by atoms with Crippen LogP contribution in [0.1, 0.15) is 5.56 Å². The monoisotopic (exact) mass is 394 g/mol. The number of sulfonamides is 2. The lowest BCUT2D eigenvalue weighted by Gasteiger charge is -2.15. The van der Waals surface area contributed by atoms with Crippen LogP contribution in [0.4, 0.5) is 0 Å². The lowest BCUT2D eigenvalue weighted by molar-refractivity contribution is 0.519. The normalized spacial score (nSPS) is 12.7. The Hall–Kier alpha value is -0.970. The molecular formula is C13H15ClN2O4S3. The summed E-state index contributed by atoms with van der Waals surface area (Å²) < 4.78 is 52.9. The van der Waals surface area contributed by atoms with Crippen molar-refractivity contribution in [1.82, 2.24) is 9.03 Å². The summed E-state index contributed by atoms with van der Waals surface area (Å²) in [5, 5.41) is 0. The molecule has 1 heterocycles. The van der Waals surface area contributed by atoms with E-state index in [-0.39, 0.29) is 15.6 Å². The van der Waals surface area contributed by atoms with Crippen molar-refractivity contribution in [2.45, 2.75) is 15.6 Å². The average Bonchev–Trinajstić information content (AvgIpc) is 2.93. The van der Waals surface area contributed by atoms with Gasteiger partial charge in [0.1, 0.15) is 4.21 Å². The predicted octanol–water partition coefficient (Wildman–Crippen LogP) is 2.13. The summed E-state index contributed by atoms with van der Waals surface area (Å²) in [6.07, 6.45) is 0. The van der Waals surface area contributed by atoms with Crippen molar-refractivity contribution in [3.8, 4) is 0 Å². The average molecular weight is 395 g/mol. The van der Waals surface area contributed by atoms with Gasteiger partial charge in [0.25, 0.3) is 0 Å². The first kappa shape index (κ1) is 18.4. The van der Waals surface area contributed by atoms with Gasteiger partial charge in [0.2, 0.25) is 20.0 Å². The summed E-state index contributed by atoms with van der Waals surface area (Å²) in [5.41, 5.74) is 0.368. The first-order chi connectivity index (χ1) is 10.6. The molecule has 0 aliphatic heterocycles. The SMILES string of the molecule is CN(C)S(=O)(=O)c1ccccc1CNS(=O)(=O)c1ccc(Cl)s1. The van der Waals surface area contributed by atoms with Crippen LogP contribution in [-0.4, -0.2) is 35.2 Å². The Morgan fingerprint density at radius 3 is 2.30 bits per heavy atom. The van der Waals surface area contributed by atoms with Crippen molar-refractivity contribution < 1.29 is 16.8 Å². The van der Waals surface area contributed by atoms with Crippen LogP contribution in [-0.2, 0) is 26.6 Å². The van der Waals surface area contributed by atoms with E-state index in [1.54, 1.807) is 18.2 Å². The molecule has 0 spiro atoms. The molecule has 6 nitrogen and oxygen atoms in total. The summed E-state index contributed by atoms with van der Waals surface area (Å²) in [4.78, 5) is 0.0666. The fourth-order valence-corrected chi connectivity index (χ4v) is 5.43. The fourth-order valence-electron chi connectivity index (χ4n) is 1.78. The van der Waals surface area contributed by atoms with Crippen LogP contribution in [0.2, 0.25) is 4.34 Å². The van der Waals surface area contributed by atoms with E-state index in [4.69, 9.17) is 11.6 Å². The summed E-state index contributed by atoms with van der Waals surface area (Å²) in [6, 6.07) is 9.15. The molecule has 0 unspecified atom stereocenters. The van der Waals surface area contributed by atoms with E-state index in [2.05, 4.69) is 4.72 Å². The molecule has 0 aliphatic rings. The molecule has 0 bridgehead atoms.